The molecule has 1 aliphatic rings. The first kappa shape index (κ1) is 14.5. The molecule has 0 bridgehead atoms. The van der Waals surface area contributed by atoms with Crippen molar-refractivity contribution in [1.82, 2.24) is 4.90 Å². The molecular formula is C14H27NO2. The van der Waals surface area contributed by atoms with Crippen molar-refractivity contribution in [2.24, 2.45) is 0 Å². The topological polar surface area (TPSA) is 40.5 Å². The van der Waals surface area contributed by atoms with E-state index in [4.69, 9.17) is 5.11 Å². The van der Waals surface area contributed by atoms with Gasteiger partial charge in [0.15, 0.2) is 0 Å². The predicted octanol–water partition coefficient (Wildman–Crippen LogP) is 3.28. The minimum Gasteiger partial charge on any atom is -0.481 e. The van der Waals surface area contributed by atoms with Crippen molar-refractivity contribution < 1.29 is 9.90 Å². The summed E-state index contributed by atoms with van der Waals surface area (Å²) in [5.74, 6) is -0.651. The number of hydrogen-bond donors (Lipinski definition) is 1. The number of carboxylic acids is 1. The van der Waals surface area contributed by atoms with E-state index in [2.05, 4.69) is 25.8 Å². The fraction of sp³-hybridized carbons (Fsp3) is 0.929. The maximum absolute atomic E-state index is 11.1. The largest absolute Gasteiger partial charge is 0.481 e. The minimum absolute atomic E-state index is 0.0847. The Hall–Kier alpha value is -0.570. The molecule has 0 aliphatic heterocycles. The molecule has 1 rings (SSSR count). The Morgan fingerprint density at radius 2 is 1.94 bits per heavy atom. The Balaban J connectivity index is 2.76. The van der Waals surface area contributed by atoms with Gasteiger partial charge in [-0.2, -0.15) is 0 Å². The lowest BCUT2D eigenvalue weighted by Crippen LogP contribution is -2.52. The summed E-state index contributed by atoms with van der Waals surface area (Å²) < 4.78 is 0. The van der Waals surface area contributed by atoms with Crippen molar-refractivity contribution in [2.75, 3.05) is 7.05 Å². The van der Waals surface area contributed by atoms with E-state index in [0.717, 1.165) is 25.7 Å². The van der Waals surface area contributed by atoms with Gasteiger partial charge in [-0.3, -0.25) is 9.69 Å². The van der Waals surface area contributed by atoms with Crippen LogP contribution in [0.1, 0.15) is 65.2 Å². The van der Waals surface area contributed by atoms with Crippen molar-refractivity contribution in [2.45, 2.75) is 76.8 Å². The van der Waals surface area contributed by atoms with E-state index in [1.54, 1.807) is 0 Å². The van der Waals surface area contributed by atoms with Gasteiger partial charge in [-0.15, -0.1) is 0 Å². The van der Waals surface area contributed by atoms with Crippen LogP contribution in [0.4, 0.5) is 0 Å². The normalized spacial score (nSPS) is 21.4. The molecule has 100 valence electrons. The lowest BCUT2D eigenvalue weighted by atomic mass is 9.77. The highest BCUT2D eigenvalue weighted by Gasteiger charge is 2.39. The molecule has 0 spiro atoms. The predicted molar refractivity (Wildman–Crippen MR) is 70.2 cm³/mol. The molecule has 0 amide bonds. The summed E-state index contributed by atoms with van der Waals surface area (Å²) in [6, 6.07) is 0.484. The first-order chi connectivity index (χ1) is 8.02. The summed E-state index contributed by atoms with van der Waals surface area (Å²) in [5.41, 5.74) is -0.0847. The van der Waals surface area contributed by atoms with Gasteiger partial charge < -0.3 is 5.11 Å². The van der Waals surface area contributed by atoms with Crippen LogP contribution in [-0.2, 0) is 4.79 Å². The molecule has 1 N–H and O–H groups in total. The van der Waals surface area contributed by atoms with Crippen molar-refractivity contribution in [1.29, 1.82) is 0 Å². The van der Waals surface area contributed by atoms with E-state index in [-0.39, 0.29) is 5.54 Å². The zero-order chi connectivity index (χ0) is 12.9. The highest BCUT2D eigenvalue weighted by Crippen LogP contribution is 2.37. The Kier molecular flexibility index (Phi) is 5.44. The van der Waals surface area contributed by atoms with Crippen LogP contribution in [0, 0.1) is 0 Å². The standard InChI is InChI=1S/C14H27NO2/c1-4-8-12(2)15(3)14(11-13(16)17)9-6-5-7-10-14/h12H,4-11H2,1-3H3,(H,16,17). The van der Waals surface area contributed by atoms with Gasteiger partial charge in [-0.1, -0.05) is 32.6 Å². The molecule has 1 atom stereocenters. The van der Waals surface area contributed by atoms with Crippen LogP contribution in [0.5, 0.6) is 0 Å². The van der Waals surface area contributed by atoms with E-state index in [0.29, 0.717) is 12.5 Å². The summed E-state index contributed by atoms with van der Waals surface area (Å²) in [6.45, 7) is 4.41. The number of nitrogens with zero attached hydrogens (tertiary/aromatic N) is 1. The van der Waals surface area contributed by atoms with Gasteiger partial charge in [0.05, 0.1) is 6.42 Å². The zero-order valence-corrected chi connectivity index (χ0v) is 11.5. The molecule has 1 unspecified atom stereocenters. The highest BCUT2D eigenvalue weighted by molar-refractivity contribution is 5.68. The SMILES string of the molecule is CCCC(C)N(C)C1(CC(=O)O)CCCCC1. The minimum atomic E-state index is -0.651. The van der Waals surface area contributed by atoms with Gasteiger partial charge in [0.2, 0.25) is 0 Å². The lowest BCUT2D eigenvalue weighted by Gasteiger charge is -2.47. The van der Waals surface area contributed by atoms with Crippen LogP contribution in [-0.4, -0.2) is 34.6 Å². The second-order valence-corrected chi connectivity index (χ2v) is 5.60. The Labute approximate surface area is 105 Å². The van der Waals surface area contributed by atoms with E-state index in [1.807, 2.05) is 0 Å². The lowest BCUT2D eigenvalue weighted by molar-refractivity contribution is -0.141. The molecule has 0 heterocycles. The van der Waals surface area contributed by atoms with E-state index >= 15 is 0 Å². The van der Waals surface area contributed by atoms with Crippen LogP contribution in [0.25, 0.3) is 0 Å². The maximum Gasteiger partial charge on any atom is 0.305 e. The Bertz CT molecular complexity index is 247. The first-order valence-electron chi connectivity index (χ1n) is 6.96. The van der Waals surface area contributed by atoms with Gasteiger partial charge in [-0.05, 0) is 33.2 Å². The molecule has 3 nitrogen and oxygen atoms in total. The van der Waals surface area contributed by atoms with Crippen molar-refractivity contribution in [3.8, 4) is 0 Å². The summed E-state index contributed by atoms with van der Waals surface area (Å²) in [6.07, 6.45) is 8.32. The van der Waals surface area contributed by atoms with Gasteiger partial charge in [0.25, 0.3) is 0 Å². The molecule has 1 aliphatic carbocycles. The van der Waals surface area contributed by atoms with Crippen molar-refractivity contribution in [3.63, 3.8) is 0 Å². The maximum atomic E-state index is 11.1. The quantitative estimate of drug-likeness (QED) is 0.775. The summed E-state index contributed by atoms with van der Waals surface area (Å²) in [7, 11) is 2.12. The number of rotatable bonds is 6. The van der Waals surface area contributed by atoms with Crippen LogP contribution >= 0.6 is 0 Å². The smallest absolute Gasteiger partial charge is 0.305 e. The number of aliphatic carboxylic acids is 1. The van der Waals surface area contributed by atoms with Crippen LogP contribution in [0.2, 0.25) is 0 Å². The molecule has 0 radical (unpaired) electrons. The first-order valence-corrected chi connectivity index (χ1v) is 6.96. The monoisotopic (exact) mass is 241 g/mol. The van der Waals surface area contributed by atoms with Gasteiger partial charge in [0.1, 0.15) is 0 Å². The summed E-state index contributed by atoms with van der Waals surface area (Å²) >= 11 is 0. The number of hydrogen-bond acceptors (Lipinski definition) is 2. The molecule has 17 heavy (non-hydrogen) atoms. The molecular weight excluding hydrogens is 214 g/mol. The fourth-order valence-corrected chi connectivity index (χ4v) is 3.22. The zero-order valence-electron chi connectivity index (χ0n) is 11.5. The van der Waals surface area contributed by atoms with Crippen LogP contribution < -0.4 is 0 Å². The Morgan fingerprint density at radius 3 is 2.41 bits per heavy atom. The van der Waals surface area contributed by atoms with Crippen molar-refractivity contribution >= 4 is 5.97 Å². The third kappa shape index (κ3) is 3.70. The van der Waals surface area contributed by atoms with Crippen molar-refractivity contribution in [3.05, 3.63) is 0 Å². The van der Waals surface area contributed by atoms with Crippen LogP contribution in [0.3, 0.4) is 0 Å². The second-order valence-electron chi connectivity index (χ2n) is 5.60. The van der Waals surface area contributed by atoms with Gasteiger partial charge in [-0.25, -0.2) is 0 Å². The Morgan fingerprint density at radius 1 is 1.35 bits per heavy atom. The van der Waals surface area contributed by atoms with Gasteiger partial charge >= 0.3 is 5.97 Å². The van der Waals surface area contributed by atoms with Crippen LogP contribution in [0.15, 0.2) is 0 Å². The number of carbonyl (C=O) groups is 1. The average Bonchev–Trinajstić information content (AvgIpc) is 2.28. The summed E-state index contributed by atoms with van der Waals surface area (Å²) in [4.78, 5) is 13.5. The molecule has 1 saturated carbocycles. The van der Waals surface area contributed by atoms with E-state index in [1.165, 1.54) is 19.3 Å². The molecule has 3 heteroatoms. The van der Waals surface area contributed by atoms with Gasteiger partial charge in [0, 0.05) is 11.6 Å². The third-order valence-electron chi connectivity index (χ3n) is 4.38. The highest BCUT2D eigenvalue weighted by atomic mass is 16.4. The second kappa shape index (κ2) is 6.39. The molecule has 0 saturated heterocycles. The molecule has 0 aromatic carbocycles. The fourth-order valence-electron chi connectivity index (χ4n) is 3.22. The van der Waals surface area contributed by atoms with E-state index < -0.39 is 5.97 Å². The molecule has 0 aromatic rings. The average molecular weight is 241 g/mol. The summed E-state index contributed by atoms with van der Waals surface area (Å²) in [5, 5.41) is 9.16. The third-order valence-corrected chi connectivity index (χ3v) is 4.38. The molecule has 0 aromatic heterocycles. The number of carboxylic acid groups (broad SMARTS) is 1. The molecule has 1 fully saturated rings. The van der Waals surface area contributed by atoms with E-state index in [9.17, 15) is 4.79 Å².